The molecule has 0 heterocycles. The van der Waals surface area contributed by atoms with Crippen LogP contribution in [0.15, 0.2) is 0 Å². The van der Waals surface area contributed by atoms with Gasteiger partial charge in [0.05, 0.1) is 0 Å². The summed E-state index contributed by atoms with van der Waals surface area (Å²) in [6.07, 6.45) is -3.86. The lowest BCUT2D eigenvalue weighted by molar-refractivity contribution is -0.468. The molecule has 0 aliphatic heterocycles. The van der Waals surface area contributed by atoms with Crippen molar-refractivity contribution >= 4 is 0 Å². The summed E-state index contributed by atoms with van der Waals surface area (Å²) in [5, 5.41) is 0. The van der Waals surface area contributed by atoms with Crippen LogP contribution in [0.2, 0.25) is 0 Å². The van der Waals surface area contributed by atoms with Crippen molar-refractivity contribution in [3.63, 3.8) is 0 Å². The van der Waals surface area contributed by atoms with Gasteiger partial charge in [0.1, 0.15) is 0 Å². The van der Waals surface area contributed by atoms with E-state index in [1.807, 2.05) is 0 Å². The third kappa shape index (κ3) is 0.918. The lowest BCUT2D eigenvalue weighted by Gasteiger charge is -2.49. The molecule has 0 bridgehead atoms. The van der Waals surface area contributed by atoms with E-state index in [-0.39, 0.29) is 0 Å². The van der Waals surface area contributed by atoms with Crippen molar-refractivity contribution in [1.29, 1.82) is 0 Å². The average Bonchev–Trinajstić information content (AvgIpc) is 2.02. The molecule has 1 aliphatic carbocycles. The van der Waals surface area contributed by atoms with Crippen molar-refractivity contribution in [2.75, 3.05) is 6.86 Å². The van der Waals surface area contributed by atoms with Crippen molar-refractivity contribution in [3.05, 3.63) is 0 Å². The van der Waals surface area contributed by atoms with Crippen molar-refractivity contribution in [1.82, 2.24) is 0 Å². The van der Waals surface area contributed by atoms with Crippen LogP contribution in [0.1, 0.15) is 0 Å². The van der Waals surface area contributed by atoms with Crippen LogP contribution in [0.3, 0.4) is 0 Å². The summed E-state index contributed by atoms with van der Waals surface area (Å²) in [4.78, 5) is 0. The topological polar surface area (TPSA) is 9.23 Å². The number of ether oxygens (including phenoxy) is 1. The zero-order valence-electron chi connectivity index (χ0n) is 5.84. The predicted octanol–water partition coefficient (Wildman–Crippen LogP) is 2.22. The quantitative estimate of drug-likeness (QED) is 0.637. The smallest absolute Gasteiger partial charge is 0.307 e. The van der Waals surface area contributed by atoms with Crippen LogP contribution in [-0.4, -0.2) is 30.7 Å². The molecule has 13 heavy (non-hydrogen) atoms. The Bertz CT molecular complexity index is 217. The molecule has 0 radical (unpaired) electrons. The van der Waals surface area contributed by atoms with Gasteiger partial charge in [-0.15, -0.1) is 0 Å². The van der Waals surface area contributed by atoms with E-state index in [0.29, 0.717) is 0 Å². The first-order valence-electron chi connectivity index (χ1n) is 3.00. The summed E-state index contributed by atoms with van der Waals surface area (Å²) < 4.78 is 87.1. The molecule has 0 aromatic heterocycles. The summed E-state index contributed by atoms with van der Waals surface area (Å²) in [5.74, 6) is -15.1. The van der Waals surface area contributed by atoms with Gasteiger partial charge < -0.3 is 4.74 Å². The minimum Gasteiger partial charge on any atom is -0.307 e. The Morgan fingerprint density at radius 1 is 1.08 bits per heavy atom. The van der Waals surface area contributed by atoms with Crippen LogP contribution in [0, 0.1) is 0 Å². The Morgan fingerprint density at radius 2 is 1.54 bits per heavy atom. The maximum absolute atomic E-state index is 12.5. The van der Waals surface area contributed by atoms with Crippen LogP contribution in [0.25, 0.3) is 0 Å². The largest absolute Gasteiger partial charge is 0.373 e. The van der Waals surface area contributed by atoms with Crippen molar-refractivity contribution < 1.29 is 35.5 Å². The normalized spacial score (nSPS) is 41.3. The molecule has 78 valence electrons. The second-order valence-corrected chi connectivity index (χ2v) is 2.46. The van der Waals surface area contributed by atoms with Gasteiger partial charge in [0.25, 0.3) is 0 Å². The lowest BCUT2D eigenvalue weighted by atomic mass is 9.80. The first kappa shape index (κ1) is 10.6. The Hall–Kier alpha value is -0.530. The van der Waals surface area contributed by atoms with E-state index in [9.17, 15) is 30.7 Å². The molecule has 0 saturated heterocycles. The molecule has 2 unspecified atom stereocenters. The van der Waals surface area contributed by atoms with E-state index < -0.39 is 30.7 Å². The molecule has 8 heteroatoms. The van der Waals surface area contributed by atoms with E-state index in [0.717, 1.165) is 0 Å². The van der Waals surface area contributed by atoms with E-state index in [1.165, 1.54) is 0 Å². The van der Waals surface area contributed by atoms with Gasteiger partial charge in [-0.3, -0.25) is 0 Å². The molecule has 0 aromatic rings. The molecule has 0 spiro atoms. The highest BCUT2D eigenvalue weighted by molar-refractivity contribution is 5.18. The molecule has 0 amide bonds. The monoisotopic (exact) mass is 212 g/mol. The van der Waals surface area contributed by atoms with E-state index >= 15 is 0 Å². The third-order valence-electron chi connectivity index (χ3n) is 1.76. The zero-order chi connectivity index (χ0) is 10.5. The minimum atomic E-state index is -5.34. The third-order valence-corrected chi connectivity index (χ3v) is 1.76. The van der Waals surface area contributed by atoms with Gasteiger partial charge in [0.15, 0.2) is 6.86 Å². The predicted molar refractivity (Wildman–Crippen MR) is 25.7 cm³/mol. The second kappa shape index (κ2) is 2.49. The Balaban J connectivity index is 2.92. The molecule has 1 rings (SSSR count). The molecule has 1 saturated carbocycles. The van der Waals surface area contributed by atoms with Gasteiger partial charge in [-0.05, 0) is 0 Å². The molecule has 1 aliphatic rings. The highest BCUT2D eigenvalue weighted by Crippen LogP contribution is 2.61. The number of hydrogen-bond acceptors (Lipinski definition) is 1. The molecular formula is C5H3F7O. The lowest BCUT2D eigenvalue weighted by Crippen LogP contribution is -2.79. The van der Waals surface area contributed by atoms with Crippen molar-refractivity contribution in [2.24, 2.45) is 0 Å². The maximum atomic E-state index is 12.5. The van der Waals surface area contributed by atoms with Gasteiger partial charge in [0.2, 0.25) is 6.17 Å². The van der Waals surface area contributed by atoms with E-state index in [4.69, 9.17) is 0 Å². The fourth-order valence-electron chi connectivity index (χ4n) is 0.944. The van der Waals surface area contributed by atoms with E-state index in [2.05, 4.69) is 4.74 Å². The standard InChI is InChI=1S/C5H3F7O/c6-1-13-4(10)2(7)3(8,9)5(4,11)12/h2H,1H2. The first-order valence-corrected chi connectivity index (χ1v) is 3.00. The number of alkyl halides is 7. The Labute approximate surface area is 67.5 Å². The summed E-state index contributed by atoms with van der Waals surface area (Å²) >= 11 is 0. The van der Waals surface area contributed by atoms with Crippen molar-refractivity contribution in [3.8, 4) is 0 Å². The minimum absolute atomic E-state index is 2.11. The SMILES string of the molecule is FCOC1(F)C(F)C(F)(F)C1(F)F. The summed E-state index contributed by atoms with van der Waals surface area (Å²) in [7, 11) is 0. The molecule has 0 aromatic carbocycles. The van der Waals surface area contributed by atoms with Gasteiger partial charge in [-0.1, -0.05) is 0 Å². The highest BCUT2D eigenvalue weighted by Gasteiger charge is 2.91. The number of halogens is 7. The van der Waals surface area contributed by atoms with Gasteiger partial charge in [-0.25, -0.2) is 13.2 Å². The molecule has 0 N–H and O–H groups in total. The van der Waals surface area contributed by atoms with Crippen molar-refractivity contribution in [2.45, 2.75) is 23.9 Å². The van der Waals surface area contributed by atoms with Crippen LogP contribution in [0.4, 0.5) is 30.7 Å². The second-order valence-electron chi connectivity index (χ2n) is 2.46. The first-order chi connectivity index (χ1) is 5.72. The van der Waals surface area contributed by atoms with Crippen LogP contribution < -0.4 is 0 Å². The van der Waals surface area contributed by atoms with Gasteiger partial charge >= 0.3 is 17.7 Å². The molecular weight excluding hydrogens is 209 g/mol. The highest BCUT2D eigenvalue weighted by atomic mass is 19.3. The Morgan fingerprint density at radius 3 is 1.85 bits per heavy atom. The van der Waals surface area contributed by atoms with E-state index in [1.54, 1.807) is 0 Å². The fourth-order valence-corrected chi connectivity index (χ4v) is 0.944. The Kier molecular flexibility index (Phi) is 2.02. The van der Waals surface area contributed by atoms with Gasteiger partial charge in [0, 0.05) is 0 Å². The molecule has 1 fully saturated rings. The number of hydrogen-bond donors (Lipinski definition) is 0. The molecule has 2 atom stereocenters. The maximum Gasteiger partial charge on any atom is 0.373 e. The zero-order valence-corrected chi connectivity index (χ0v) is 5.84. The van der Waals surface area contributed by atoms with Crippen LogP contribution >= 0.6 is 0 Å². The number of rotatable bonds is 2. The van der Waals surface area contributed by atoms with Crippen LogP contribution in [-0.2, 0) is 4.74 Å². The molecule has 1 nitrogen and oxygen atoms in total. The van der Waals surface area contributed by atoms with Crippen LogP contribution in [0.5, 0.6) is 0 Å². The summed E-state index contributed by atoms with van der Waals surface area (Å²) in [5.41, 5.74) is 0. The van der Waals surface area contributed by atoms with Gasteiger partial charge in [-0.2, -0.15) is 17.6 Å². The fraction of sp³-hybridized carbons (Fsp3) is 1.00. The summed E-state index contributed by atoms with van der Waals surface area (Å²) in [6, 6.07) is 0. The average molecular weight is 212 g/mol. The summed E-state index contributed by atoms with van der Waals surface area (Å²) in [6.45, 7) is -2.11.